The number of benzene rings is 1. The number of halogens is 3. The normalized spacial score (nSPS) is 15.1. The van der Waals surface area contributed by atoms with Gasteiger partial charge in [0.1, 0.15) is 11.9 Å². The molecule has 0 spiro atoms. The molecule has 0 aliphatic carbocycles. The molecule has 4 rings (SSSR count). The number of rotatable bonds is 8. The van der Waals surface area contributed by atoms with Gasteiger partial charge in [0.2, 0.25) is 0 Å². The number of aromatic nitrogens is 3. The van der Waals surface area contributed by atoms with E-state index in [-0.39, 0.29) is 10.8 Å². The molecule has 39 heavy (non-hydrogen) atoms. The molecule has 14 heteroatoms. The monoisotopic (exact) mass is 583 g/mol. The summed E-state index contributed by atoms with van der Waals surface area (Å²) in [7, 11) is 0. The van der Waals surface area contributed by atoms with Crippen molar-refractivity contribution >= 4 is 41.0 Å². The van der Waals surface area contributed by atoms with Gasteiger partial charge in [0.25, 0.3) is 0 Å². The zero-order valence-corrected chi connectivity index (χ0v) is 22.4. The van der Waals surface area contributed by atoms with Crippen molar-refractivity contribution in [3.8, 4) is 16.9 Å². The van der Waals surface area contributed by atoms with Gasteiger partial charge in [-0.1, -0.05) is 23.2 Å². The van der Waals surface area contributed by atoms with Crippen molar-refractivity contribution in [1.82, 2.24) is 20.1 Å². The maximum atomic E-state index is 13.9. The van der Waals surface area contributed by atoms with E-state index < -0.39 is 36.4 Å². The molecule has 0 radical (unpaired) electrons. The smallest absolute Gasteiger partial charge is 0.333 e. The zero-order chi connectivity index (χ0) is 28.7. The van der Waals surface area contributed by atoms with Crippen molar-refractivity contribution < 1.29 is 34.0 Å². The molecule has 1 saturated heterocycles. The highest BCUT2D eigenvalue weighted by atomic mass is 35.5. The van der Waals surface area contributed by atoms with Crippen LogP contribution in [0.1, 0.15) is 43.9 Å². The SMILES string of the molecule is C[C@@H](Oc1cc(-c2cnn(C3CCNCC3)c2)cnc1N)c1c(Cl)ccc(F)c1Cl.O=C(O)CC(O)C(=O)O. The molecule has 1 aliphatic rings. The van der Waals surface area contributed by atoms with E-state index in [0.29, 0.717) is 22.4 Å². The summed E-state index contributed by atoms with van der Waals surface area (Å²) in [4.78, 5) is 23.7. The lowest BCUT2D eigenvalue weighted by atomic mass is 10.1. The number of aliphatic hydroxyl groups excluding tert-OH is 1. The van der Waals surface area contributed by atoms with Crippen LogP contribution < -0.4 is 15.8 Å². The number of nitrogens with zero attached hydrogens (tertiary/aromatic N) is 3. The molecule has 0 saturated carbocycles. The summed E-state index contributed by atoms with van der Waals surface area (Å²) >= 11 is 12.3. The van der Waals surface area contributed by atoms with Gasteiger partial charge in [0.15, 0.2) is 17.7 Å². The summed E-state index contributed by atoms with van der Waals surface area (Å²) in [6.07, 6.45) is 4.41. The Morgan fingerprint density at radius 2 is 1.92 bits per heavy atom. The fraction of sp³-hybridized carbons (Fsp3) is 0.360. The Morgan fingerprint density at radius 1 is 1.23 bits per heavy atom. The first-order valence-corrected chi connectivity index (χ1v) is 12.7. The van der Waals surface area contributed by atoms with Gasteiger partial charge in [-0.2, -0.15) is 5.10 Å². The third kappa shape index (κ3) is 8.02. The minimum Gasteiger partial charge on any atom is -0.482 e. The second-order valence-corrected chi connectivity index (χ2v) is 9.55. The number of nitrogens with two attached hydrogens (primary N) is 1. The predicted octanol–water partition coefficient (Wildman–Crippen LogP) is 3.94. The first kappa shape index (κ1) is 30.1. The number of anilines is 1. The summed E-state index contributed by atoms with van der Waals surface area (Å²) in [6, 6.07) is 4.85. The Balaban J connectivity index is 0.000000403. The molecule has 210 valence electrons. The van der Waals surface area contributed by atoms with Gasteiger partial charge >= 0.3 is 11.9 Å². The lowest BCUT2D eigenvalue weighted by Crippen LogP contribution is -2.29. The molecule has 1 aromatic carbocycles. The Morgan fingerprint density at radius 3 is 2.54 bits per heavy atom. The number of pyridine rings is 1. The molecular weight excluding hydrogens is 556 g/mol. The van der Waals surface area contributed by atoms with Crippen LogP contribution in [0.25, 0.3) is 11.1 Å². The van der Waals surface area contributed by atoms with Gasteiger partial charge in [-0.3, -0.25) is 9.48 Å². The quantitative estimate of drug-likeness (QED) is 0.244. The Labute approximate surface area is 233 Å². The lowest BCUT2D eigenvalue weighted by molar-refractivity contribution is -0.152. The number of carbonyl (C=O) groups is 2. The van der Waals surface area contributed by atoms with Crippen molar-refractivity contribution in [3.05, 3.63) is 58.2 Å². The van der Waals surface area contributed by atoms with Gasteiger partial charge in [0.05, 0.1) is 23.7 Å². The molecule has 6 N–H and O–H groups in total. The van der Waals surface area contributed by atoms with E-state index in [0.717, 1.165) is 37.1 Å². The molecule has 0 bridgehead atoms. The first-order chi connectivity index (χ1) is 18.5. The predicted molar refractivity (Wildman–Crippen MR) is 142 cm³/mol. The number of piperidine rings is 1. The number of ether oxygens (including phenoxy) is 1. The van der Waals surface area contributed by atoms with Crippen molar-refractivity contribution in [2.24, 2.45) is 0 Å². The average Bonchev–Trinajstić information content (AvgIpc) is 3.39. The molecule has 2 aromatic heterocycles. The summed E-state index contributed by atoms with van der Waals surface area (Å²) < 4.78 is 21.9. The molecule has 0 amide bonds. The summed E-state index contributed by atoms with van der Waals surface area (Å²) in [6.45, 7) is 3.71. The van der Waals surface area contributed by atoms with E-state index in [4.69, 9.17) is 49.0 Å². The zero-order valence-electron chi connectivity index (χ0n) is 20.9. The third-order valence-corrected chi connectivity index (χ3v) is 6.66. The summed E-state index contributed by atoms with van der Waals surface area (Å²) in [5.74, 6) is -2.81. The van der Waals surface area contributed by atoms with E-state index in [9.17, 15) is 14.0 Å². The highest BCUT2D eigenvalue weighted by Gasteiger charge is 2.21. The fourth-order valence-electron chi connectivity index (χ4n) is 3.88. The van der Waals surface area contributed by atoms with Crippen LogP contribution in [-0.2, 0) is 9.59 Å². The molecule has 2 atom stereocenters. The number of carboxylic acids is 2. The van der Waals surface area contributed by atoms with E-state index in [1.54, 1.807) is 19.2 Å². The van der Waals surface area contributed by atoms with Gasteiger partial charge < -0.3 is 31.1 Å². The second-order valence-electron chi connectivity index (χ2n) is 8.77. The van der Waals surface area contributed by atoms with E-state index in [2.05, 4.69) is 15.4 Å². The second kappa shape index (κ2) is 13.6. The maximum absolute atomic E-state index is 13.9. The number of nitrogen functional groups attached to an aromatic ring is 1. The first-order valence-electron chi connectivity index (χ1n) is 11.9. The molecule has 11 nitrogen and oxygen atoms in total. The Bertz CT molecular complexity index is 1320. The van der Waals surface area contributed by atoms with Crippen LogP contribution in [0, 0.1) is 5.82 Å². The average molecular weight is 584 g/mol. The van der Waals surface area contributed by atoms with Crippen molar-refractivity contribution in [2.45, 2.75) is 44.4 Å². The van der Waals surface area contributed by atoms with E-state index >= 15 is 0 Å². The van der Waals surface area contributed by atoms with Crippen LogP contribution in [-0.4, -0.2) is 61.2 Å². The van der Waals surface area contributed by atoms with Crippen LogP contribution in [0.5, 0.6) is 5.75 Å². The molecular formula is C25H28Cl2FN5O6. The third-order valence-electron chi connectivity index (χ3n) is 5.94. The largest absolute Gasteiger partial charge is 0.482 e. The molecule has 3 aromatic rings. The number of hydrogen-bond acceptors (Lipinski definition) is 8. The van der Waals surface area contributed by atoms with Crippen LogP contribution in [0.3, 0.4) is 0 Å². The Kier molecular flexibility index (Phi) is 10.5. The van der Waals surface area contributed by atoms with Crippen LogP contribution in [0.4, 0.5) is 10.2 Å². The molecule has 3 heterocycles. The number of hydrogen-bond donors (Lipinski definition) is 5. The Hall–Kier alpha value is -3.45. The lowest BCUT2D eigenvalue weighted by Gasteiger charge is -2.22. The van der Waals surface area contributed by atoms with E-state index in [1.807, 2.05) is 17.1 Å². The van der Waals surface area contributed by atoms with Crippen LogP contribution in [0.15, 0.2) is 36.8 Å². The molecule has 1 aliphatic heterocycles. The molecule has 1 unspecified atom stereocenters. The number of nitrogens with one attached hydrogen (secondary N) is 1. The van der Waals surface area contributed by atoms with Gasteiger partial charge in [-0.25, -0.2) is 14.2 Å². The van der Waals surface area contributed by atoms with Gasteiger partial charge in [-0.05, 0) is 51.1 Å². The number of carboxylic acid groups (broad SMARTS) is 2. The minimum absolute atomic E-state index is 0.0686. The van der Waals surface area contributed by atoms with Crippen molar-refractivity contribution in [2.75, 3.05) is 18.8 Å². The number of aliphatic carboxylic acids is 2. The van der Waals surface area contributed by atoms with Crippen molar-refractivity contribution in [3.63, 3.8) is 0 Å². The van der Waals surface area contributed by atoms with Gasteiger partial charge in [-0.15, -0.1) is 0 Å². The van der Waals surface area contributed by atoms with Gasteiger partial charge in [0, 0.05) is 34.1 Å². The van der Waals surface area contributed by atoms with E-state index in [1.165, 1.54) is 12.1 Å². The van der Waals surface area contributed by atoms with Crippen molar-refractivity contribution in [1.29, 1.82) is 0 Å². The standard InChI is InChI=1S/C21H22Cl2FN5O.C4H6O5/c1-12(19-16(22)2-3-17(24)20(19)23)30-18-8-13(9-27-21(18)25)14-10-28-29(11-14)15-4-6-26-7-5-15;5-2(4(8)9)1-3(6)7/h2-3,8-12,15,26H,4-7H2,1H3,(H2,25,27);2,5H,1H2,(H,6,7)(H,8,9)/t12-;/m1./s1. The maximum Gasteiger partial charge on any atom is 0.333 e. The highest BCUT2D eigenvalue weighted by Crippen LogP contribution is 2.37. The number of aliphatic hydroxyl groups is 1. The minimum atomic E-state index is -1.79. The fourth-order valence-corrected chi connectivity index (χ4v) is 4.56. The topological polar surface area (TPSA) is 173 Å². The summed E-state index contributed by atoms with van der Waals surface area (Å²) in [5.41, 5.74) is 8.12. The van der Waals surface area contributed by atoms with Crippen LogP contribution >= 0.6 is 23.2 Å². The van der Waals surface area contributed by atoms with Crippen LogP contribution in [0.2, 0.25) is 10.0 Å². The summed E-state index contributed by atoms with van der Waals surface area (Å²) in [5, 5.41) is 32.3. The molecule has 1 fully saturated rings. The highest BCUT2D eigenvalue weighted by molar-refractivity contribution is 6.36.